The van der Waals surface area contributed by atoms with Crippen LogP contribution in [0.1, 0.15) is 51.2 Å². The zero-order valence-electron chi connectivity index (χ0n) is 22.9. The molecule has 5 rings (SSSR count). The van der Waals surface area contributed by atoms with Crippen LogP contribution in [0.4, 0.5) is 0 Å². The minimum atomic E-state index is -1.22. The Morgan fingerprint density at radius 2 is 2.00 bits per heavy atom. The number of hydrogen-bond donors (Lipinski definition) is 3. The summed E-state index contributed by atoms with van der Waals surface area (Å²) >= 11 is 0. The van der Waals surface area contributed by atoms with Gasteiger partial charge < -0.3 is 39.4 Å². The molecular formula is C28H36N2O9. The lowest BCUT2D eigenvalue weighted by atomic mass is 9.50. The Morgan fingerprint density at radius 3 is 2.69 bits per heavy atom. The molecule has 7 atom stereocenters. The van der Waals surface area contributed by atoms with E-state index in [1.807, 2.05) is 19.2 Å². The fraction of sp³-hybridized carbons (Fsp3) is 0.607. The molecule has 39 heavy (non-hydrogen) atoms. The van der Waals surface area contributed by atoms with Gasteiger partial charge in [-0.2, -0.15) is 0 Å². The summed E-state index contributed by atoms with van der Waals surface area (Å²) in [4.78, 5) is 39.3. The van der Waals surface area contributed by atoms with Crippen LogP contribution in [0.25, 0.3) is 0 Å². The van der Waals surface area contributed by atoms with Crippen LogP contribution >= 0.6 is 0 Å². The molecule has 2 aliphatic carbocycles. The molecule has 4 aliphatic rings. The summed E-state index contributed by atoms with van der Waals surface area (Å²) in [6, 6.07) is 3.16. The van der Waals surface area contributed by atoms with Crippen molar-refractivity contribution >= 4 is 17.8 Å². The number of rotatable bonds is 8. The molecule has 1 aromatic carbocycles. The van der Waals surface area contributed by atoms with Crippen LogP contribution in [-0.2, 0) is 35.7 Å². The van der Waals surface area contributed by atoms with E-state index in [0.29, 0.717) is 24.3 Å². The number of piperidine rings is 1. The van der Waals surface area contributed by atoms with E-state index in [9.17, 15) is 24.6 Å². The molecule has 1 saturated heterocycles. The van der Waals surface area contributed by atoms with Crippen molar-refractivity contribution in [2.24, 2.45) is 0 Å². The fourth-order valence-electron chi connectivity index (χ4n) is 6.74. The summed E-state index contributed by atoms with van der Waals surface area (Å²) in [5.41, 5.74) is 0.0634. The Labute approximate surface area is 227 Å². The second-order valence-corrected chi connectivity index (χ2v) is 11.1. The van der Waals surface area contributed by atoms with E-state index >= 15 is 0 Å². The van der Waals surface area contributed by atoms with Crippen LogP contribution in [0.3, 0.4) is 0 Å². The molecule has 1 amide bonds. The van der Waals surface area contributed by atoms with Crippen LogP contribution in [-0.4, -0.2) is 89.7 Å². The van der Waals surface area contributed by atoms with Gasteiger partial charge in [0.2, 0.25) is 5.91 Å². The quantitative estimate of drug-likeness (QED) is 0.401. The summed E-state index contributed by atoms with van der Waals surface area (Å²) in [6.45, 7) is 5.06. The highest BCUT2D eigenvalue weighted by atomic mass is 16.6. The van der Waals surface area contributed by atoms with Gasteiger partial charge in [0.05, 0.1) is 24.5 Å². The summed E-state index contributed by atoms with van der Waals surface area (Å²) in [5.74, 6) is -0.681. The number of nitrogens with one attached hydrogen (secondary N) is 1. The first-order valence-electron chi connectivity index (χ1n) is 13.3. The molecule has 212 valence electrons. The van der Waals surface area contributed by atoms with Crippen molar-refractivity contribution in [3.05, 3.63) is 35.1 Å². The molecule has 2 aliphatic heterocycles. The summed E-state index contributed by atoms with van der Waals surface area (Å²) < 4.78 is 23.1. The highest BCUT2D eigenvalue weighted by Crippen LogP contribution is 2.65. The van der Waals surface area contributed by atoms with Gasteiger partial charge in [-0.05, 0) is 64.9 Å². The van der Waals surface area contributed by atoms with E-state index in [4.69, 9.17) is 18.9 Å². The Bertz CT molecular complexity index is 1230. The number of esters is 2. The molecule has 3 N–H and O–H groups in total. The molecule has 2 unspecified atom stereocenters. The normalized spacial score (nSPS) is 30.6. The molecule has 2 bridgehead atoms. The van der Waals surface area contributed by atoms with Crippen LogP contribution in [0.2, 0.25) is 0 Å². The second-order valence-electron chi connectivity index (χ2n) is 11.1. The Balaban J connectivity index is 1.35. The molecule has 11 nitrogen and oxygen atoms in total. The largest absolute Gasteiger partial charge is 0.493 e. The molecule has 0 aromatic heterocycles. The molecule has 1 aromatic rings. The van der Waals surface area contributed by atoms with Gasteiger partial charge in [-0.15, -0.1) is 0 Å². The van der Waals surface area contributed by atoms with Gasteiger partial charge in [0.1, 0.15) is 11.9 Å². The maximum absolute atomic E-state index is 13.1. The number of carbonyl (C=O) groups is 3. The summed E-state index contributed by atoms with van der Waals surface area (Å²) in [5, 5.41) is 24.1. The minimum absolute atomic E-state index is 0.131. The first-order chi connectivity index (χ1) is 18.4. The van der Waals surface area contributed by atoms with E-state index in [-0.39, 0.29) is 24.6 Å². The predicted molar refractivity (Wildman–Crippen MR) is 137 cm³/mol. The Hall–Kier alpha value is -3.15. The van der Waals surface area contributed by atoms with E-state index < -0.39 is 53.2 Å². The van der Waals surface area contributed by atoms with Gasteiger partial charge in [0, 0.05) is 24.1 Å². The third-order valence-corrected chi connectivity index (χ3v) is 8.66. The molecule has 0 radical (unpaired) electrons. The number of likely N-dealkylation sites (N-methyl/N-ethyl adjacent to an activating group) is 1. The first-order valence-corrected chi connectivity index (χ1v) is 13.3. The van der Waals surface area contributed by atoms with Crippen molar-refractivity contribution in [1.82, 2.24) is 10.2 Å². The zero-order chi connectivity index (χ0) is 28.3. The van der Waals surface area contributed by atoms with Crippen molar-refractivity contribution in [1.29, 1.82) is 0 Å². The third kappa shape index (κ3) is 4.18. The number of ether oxygens (including phenoxy) is 4. The number of aliphatic hydroxyl groups is 2. The highest BCUT2D eigenvalue weighted by molar-refractivity contribution is 5.82. The fourth-order valence-corrected chi connectivity index (χ4v) is 6.74. The molecule has 1 spiro atoms. The number of methoxy groups -OCH3 is 1. The average molecular weight is 545 g/mol. The lowest BCUT2D eigenvalue weighted by molar-refractivity contribution is -0.175. The second kappa shape index (κ2) is 9.79. The maximum atomic E-state index is 13.1. The van der Waals surface area contributed by atoms with Gasteiger partial charge in [0.15, 0.2) is 23.7 Å². The van der Waals surface area contributed by atoms with Crippen molar-refractivity contribution in [3.63, 3.8) is 0 Å². The number of likely N-dealkylation sites (tertiary alicyclic amines) is 1. The first kappa shape index (κ1) is 27.4. The van der Waals surface area contributed by atoms with Gasteiger partial charge in [-0.25, -0.2) is 4.79 Å². The van der Waals surface area contributed by atoms with Crippen LogP contribution in [0.15, 0.2) is 24.0 Å². The standard InChI is InChI=1S/C28H36N2O9/c1-14(29-25(33)15(2)31)12-21(32)37-16(3)26(34)38-19-8-9-28(35)20-13-17-6-7-18(36-5)23-22(17)27(28,24(19)39-23)10-11-30(20)4/h6-8,14-16,20,24,31,35H,9-13H2,1-5H3,(H,29,33)/t14-,15+,16+,20-,24?,27?,28-/m1/s1. The van der Waals surface area contributed by atoms with Gasteiger partial charge in [0.25, 0.3) is 0 Å². The van der Waals surface area contributed by atoms with Crippen molar-refractivity contribution in [2.75, 3.05) is 20.7 Å². The number of benzene rings is 1. The molecule has 1 fully saturated rings. The van der Waals surface area contributed by atoms with E-state index in [1.165, 1.54) is 13.8 Å². The average Bonchev–Trinajstić information content (AvgIpc) is 3.23. The van der Waals surface area contributed by atoms with E-state index in [0.717, 1.165) is 17.7 Å². The van der Waals surface area contributed by atoms with Gasteiger partial charge >= 0.3 is 11.9 Å². The molecule has 2 heterocycles. The van der Waals surface area contributed by atoms with Gasteiger partial charge in [-0.3, -0.25) is 9.59 Å². The van der Waals surface area contributed by atoms with E-state index in [2.05, 4.69) is 10.2 Å². The summed E-state index contributed by atoms with van der Waals surface area (Å²) in [6.07, 6.45) is -0.113. The minimum Gasteiger partial charge on any atom is -0.493 e. The number of amides is 1. The molecule has 11 heteroatoms. The van der Waals surface area contributed by atoms with E-state index in [1.54, 1.807) is 20.1 Å². The van der Waals surface area contributed by atoms with Crippen LogP contribution < -0.4 is 14.8 Å². The Morgan fingerprint density at radius 1 is 1.26 bits per heavy atom. The number of carbonyl (C=O) groups excluding carboxylic acids is 3. The van der Waals surface area contributed by atoms with Crippen LogP contribution in [0.5, 0.6) is 11.5 Å². The zero-order valence-corrected chi connectivity index (χ0v) is 22.9. The smallest absolute Gasteiger partial charge is 0.352 e. The maximum Gasteiger partial charge on any atom is 0.352 e. The third-order valence-electron chi connectivity index (χ3n) is 8.66. The van der Waals surface area contributed by atoms with Crippen molar-refractivity contribution in [2.45, 2.75) is 87.9 Å². The predicted octanol–water partition coefficient (Wildman–Crippen LogP) is 0.723. The number of aliphatic hydroxyl groups excluding tert-OH is 1. The molecule has 0 saturated carbocycles. The van der Waals surface area contributed by atoms with Crippen molar-refractivity contribution < 1.29 is 43.5 Å². The highest BCUT2D eigenvalue weighted by Gasteiger charge is 2.72. The number of nitrogens with zero attached hydrogens (tertiary/aromatic N) is 1. The lowest BCUT2D eigenvalue weighted by Crippen LogP contribution is -2.74. The summed E-state index contributed by atoms with van der Waals surface area (Å²) in [7, 11) is 3.58. The van der Waals surface area contributed by atoms with Gasteiger partial charge in [-0.1, -0.05) is 6.07 Å². The topological polar surface area (TPSA) is 144 Å². The van der Waals surface area contributed by atoms with Crippen molar-refractivity contribution in [3.8, 4) is 11.5 Å². The van der Waals surface area contributed by atoms with Crippen LogP contribution in [0, 0.1) is 0 Å². The monoisotopic (exact) mass is 544 g/mol. The lowest BCUT2D eigenvalue weighted by Gasteiger charge is -2.61. The Kier molecular flexibility index (Phi) is 6.89. The SMILES string of the molecule is COc1ccc2c3c1OC1C(OC(=O)[C@H](C)OC(=O)C[C@@H](C)NC(=O)[C@H](C)O)=CC[C@@]4(O)[C@@H](C2)N(C)CCC314. The molecular weight excluding hydrogens is 508 g/mol. The number of hydrogen-bond acceptors (Lipinski definition) is 10.